The molecule has 6 N–H and O–H groups in total. The quantitative estimate of drug-likeness (QED) is 0.323. The number of aryl methyl sites for hydroxylation is 2. The summed E-state index contributed by atoms with van der Waals surface area (Å²) in [4.78, 5) is 0. The van der Waals surface area contributed by atoms with Crippen molar-refractivity contribution >= 4 is 17.7 Å². The number of anilines is 2. The number of hydrazine groups is 2. The highest BCUT2D eigenvalue weighted by atomic mass is 16.5. The minimum Gasteiger partial charge on any atom is -0.489 e. The first-order valence-electron chi connectivity index (χ1n) is 7.53. The van der Waals surface area contributed by atoms with Crippen LogP contribution in [0.1, 0.15) is 16.7 Å². The maximum absolute atomic E-state index is 5.98. The monoisotopic (exact) mass is 328 g/mol. The van der Waals surface area contributed by atoms with Gasteiger partial charge in [0, 0.05) is 12.6 Å². The normalized spacial score (nSPS) is 10.9. The minimum atomic E-state index is 0.428. The Morgan fingerprint density at radius 3 is 2.50 bits per heavy atom. The van der Waals surface area contributed by atoms with E-state index in [2.05, 4.69) is 5.10 Å². The van der Waals surface area contributed by atoms with E-state index in [-0.39, 0.29) is 0 Å². The van der Waals surface area contributed by atoms with Crippen LogP contribution in [0.2, 0.25) is 0 Å². The number of rotatable bonds is 6. The van der Waals surface area contributed by atoms with Gasteiger partial charge in [-0.1, -0.05) is 12.1 Å². The second-order valence-corrected chi connectivity index (χ2v) is 5.53. The van der Waals surface area contributed by atoms with Gasteiger partial charge in [0.25, 0.3) is 0 Å². The molecule has 2 aromatic rings. The number of nitrogens with zero attached hydrogens (tertiary/aromatic N) is 3. The highest BCUT2D eigenvalue weighted by Crippen LogP contribution is 2.27. The molecule has 2 rings (SSSR count). The summed E-state index contributed by atoms with van der Waals surface area (Å²) >= 11 is 0. The Labute approximate surface area is 142 Å². The maximum atomic E-state index is 5.98. The summed E-state index contributed by atoms with van der Waals surface area (Å²) in [5.74, 6) is 12.4. The van der Waals surface area contributed by atoms with Gasteiger partial charge >= 0.3 is 0 Å². The van der Waals surface area contributed by atoms with Crippen LogP contribution in [-0.4, -0.2) is 13.4 Å². The van der Waals surface area contributed by atoms with Gasteiger partial charge in [-0.25, -0.2) is 11.7 Å². The average molecular weight is 328 g/mol. The molecule has 2 aromatic carbocycles. The van der Waals surface area contributed by atoms with Crippen molar-refractivity contribution in [3.05, 3.63) is 53.1 Å². The fraction of sp³-hybridized carbons (Fsp3) is 0.235. The molecule has 0 saturated carbocycles. The second kappa shape index (κ2) is 7.67. The van der Waals surface area contributed by atoms with E-state index in [1.807, 2.05) is 57.3 Å². The van der Waals surface area contributed by atoms with E-state index in [1.54, 1.807) is 5.01 Å². The largest absolute Gasteiger partial charge is 0.489 e. The van der Waals surface area contributed by atoms with Crippen molar-refractivity contribution in [1.82, 2.24) is 0 Å². The van der Waals surface area contributed by atoms with E-state index < -0.39 is 0 Å². The molecule has 0 radical (unpaired) electrons. The predicted octanol–water partition coefficient (Wildman–Crippen LogP) is 1.77. The Bertz CT molecular complexity index is 729. The number of ether oxygens (including phenoxy) is 1. The second-order valence-electron chi connectivity index (χ2n) is 5.53. The number of nitrogens with two attached hydrogens (primary N) is 3. The SMILES string of the molecule is Cc1cc(N(N)/N=C\N)ccc1OCc1c(C)cccc1N(C)N. The Morgan fingerprint density at radius 2 is 1.88 bits per heavy atom. The molecule has 0 spiro atoms. The predicted molar refractivity (Wildman–Crippen MR) is 98.6 cm³/mol. The summed E-state index contributed by atoms with van der Waals surface area (Å²) in [5, 5.41) is 6.61. The Hall–Kier alpha value is -2.77. The third kappa shape index (κ3) is 3.95. The molecule has 128 valence electrons. The summed E-state index contributed by atoms with van der Waals surface area (Å²) < 4.78 is 5.98. The van der Waals surface area contributed by atoms with E-state index >= 15 is 0 Å². The molecule has 0 aliphatic carbocycles. The van der Waals surface area contributed by atoms with Gasteiger partial charge in [-0.05, 0) is 49.2 Å². The minimum absolute atomic E-state index is 0.428. The van der Waals surface area contributed by atoms with Crippen LogP contribution in [0.4, 0.5) is 11.4 Å². The lowest BCUT2D eigenvalue weighted by molar-refractivity contribution is 0.303. The molecular formula is C17H24N6O. The highest BCUT2D eigenvalue weighted by Gasteiger charge is 2.10. The van der Waals surface area contributed by atoms with Gasteiger partial charge in [-0.15, -0.1) is 5.10 Å². The lowest BCUT2D eigenvalue weighted by Crippen LogP contribution is -2.26. The number of benzene rings is 2. The molecule has 0 saturated heterocycles. The van der Waals surface area contributed by atoms with Gasteiger partial charge < -0.3 is 15.5 Å². The van der Waals surface area contributed by atoms with Crippen molar-refractivity contribution in [2.75, 3.05) is 17.2 Å². The van der Waals surface area contributed by atoms with Crippen molar-refractivity contribution in [3.8, 4) is 5.75 Å². The van der Waals surface area contributed by atoms with Gasteiger partial charge in [0.1, 0.15) is 18.7 Å². The fourth-order valence-corrected chi connectivity index (χ4v) is 2.43. The van der Waals surface area contributed by atoms with E-state index in [1.165, 1.54) is 5.12 Å². The molecule has 0 amide bonds. The number of hydrazone groups is 1. The zero-order chi connectivity index (χ0) is 17.7. The van der Waals surface area contributed by atoms with Gasteiger partial charge in [0.05, 0.1) is 11.4 Å². The molecular weight excluding hydrogens is 304 g/mol. The van der Waals surface area contributed by atoms with Crippen LogP contribution in [0.5, 0.6) is 5.75 Å². The Kier molecular flexibility index (Phi) is 5.62. The van der Waals surface area contributed by atoms with E-state index in [0.717, 1.165) is 40.2 Å². The van der Waals surface area contributed by atoms with Gasteiger partial charge in [-0.3, -0.25) is 0 Å². The maximum Gasteiger partial charge on any atom is 0.122 e. The third-order valence-electron chi connectivity index (χ3n) is 3.75. The summed E-state index contributed by atoms with van der Waals surface area (Å²) in [6.07, 6.45) is 1.14. The third-order valence-corrected chi connectivity index (χ3v) is 3.75. The molecule has 0 unspecified atom stereocenters. The van der Waals surface area contributed by atoms with Crippen molar-refractivity contribution in [2.45, 2.75) is 20.5 Å². The van der Waals surface area contributed by atoms with Crippen LogP contribution in [0.25, 0.3) is 0 Å². The lowest BCUT2D eigenvalue weighted by atomic mass is 10.1. The summed E-state index contributed by atoms with van der Waals surface area (Å²) in [6.45, 7) is 4.42. The fourth-order valence-electron chi connectivity index (χ4n) is 2.43. The lowest BCUT2D eigenvalue weighted by Gasteiger charge is -2.20. The Balaban J connectivity index is 2.19. The van der Waals surface area contributed by atoms with Gasteiger partial charge in [0.15, 0.2) is 0 Å². The zero-order valence-electron chi connectivity index (χ0n) is 14.2. The first-order chi connectivity index (χ1) is 11.4. The molecule has 24 heavy (non-hydrogen) atoms. The van der Waals surface area contributed by atoms with Gasteiger partial charge in [-0.2, -0.15) is 5.12 Å². The van der Waals surface area contributed by atoms with Crippen molar-refractivity contribution in [2.24, 2.45) is 22.5 Å². The molecule has 7 nitrogen and oxygen atoms in total. The van der Waals surface area contributed by atoms with Crippen molar-refractivity contribution < 1.29 is 4.74 Å². The Morgan fingerprint density at radius 1 is 1.12 bits per heavy atom. The van der Waals surface area contributed by atoms with Crippen LogP contribution in [0, 0.1) is 13.8 Å². The standard InChI is InChI=1S/C17H24N6O/c1-12-5-4-6-16(22(3)19)15(12)10-24-17-8-7-14(9-13(17)2)23(20)21-11-18/h4-9,11H,10,19-20H2,1-3H3,(H2,18,21). The van der Waals surface area contributed by atoms with Crippen LogP contribution in [-0.2, 0) is 6.61 Å². The molecule has 0 atom stereocenters. The van der Waals surface area contributed by atoms with Crippen molar-refractivity contribution in [1.29, 1.82) is 0 Å². The molecule has 0 aromatic heterocycles. The van der Waals surface area contributed by atoms with Crippen LogP contribution >= 0.6 is 0 Å². The molecule has 0 aliphatic heterocycles. The smallest absolute Gasteiger partial charge is 0.122 e. The number of hydrogen-bond donors (Lipinski definition) is 3. The first-order valence-corrected chi connectivity index (χ1v) is 7.53. The van der Waals surface area contributed by atoms with E-state index in [4.69, 9.17) is 22.2 Å². The van der Waals surface area contributed by atoms with Crippen LogP contribution in [0.3, 0.4) is 0 Å². The molecule has 0 bridgehead atoms. The summed E-state index contributed by atoms with van der Waals surface area (Å²) in [7, 11) is 1.81. The van der Waals surface area contributed by atoms with Crippen LogP contribution in [0.15, 0.2) is 41.5 Å². The van der Waals surface area contributed by atoms with E-state index in [9.17, 15) is 0 Å². The van der Waals surface area contributed by atoms with Crippen molar-refractivity contribution in [3.63, 3.8) is 0 Å². The highest BCUT2D eigenvalue weighted by molar-refractivity contribution is 5.58. The molecule has 0 fully saturated rings. The number of hydrogen-bond acceptors (Lipinski definition) is 6. The first kappa shape index (κ1) is 17.6. The van der Waals surface area contributed by atoms with Crippen LogP contribution < -0.4 is 32.3 Å². The zero-order valence-corrected chi connectivity index (χ0v) is 14.2. The average Bonchev–Trinajstić information content (AvgIpc) is 2.54. The summed E-state index contributed by atoms with van der Waals surface area (Å²) in [6, 6.07) is 11.6. The molecule has 0 aliphatic rings. The molecule has 0 heterocycles. The molecule has 7 heteroatoms. The summed E-state index contributed by atoms with van der Waals surface area (Å²) in [5.41, 5.74) is 10.0. The topological polar surface area (TPSA) is 106 Å². The van der Waals surface area contributed by atoms with E-state index in [0.29, 0.717) is 6.61 Å². The van der Waals surface area contributed by atoms with Gasteiger partial charge in [0.2, 0.25) is 0 Å².